The summed E-state index contributed by atoms with van der Waals surface area (Å²) >= 11 is 1.59. The number of nitrogens with zero attached hydrogens (tertiary/aromatic N) is 1. The second-order valence-corrected chi connectivity index (χ2v) is 4.63. The maximum atomic E-state index is 11.5. The second-order valence-electron chi connectivity index (χ2n) is 3.69. The van der Waals surface area contributed by atoms with Crippen LogP contribution in [0.25, 0.3) is 10.6 Å². The van der Waals surface area contributed by atoms with E-state index in [1.54, 1.807) is 11.3 Å². The van der Waals surface area contributed by atoms with E-state index in [9.17, 15) is 4.79 Å². The molecule has 1 amide bonds. The van der Waals surface area contributed by atoms with Crippen LogP contribution in [0.15, 0.2) is 28.1 Å². The Hall–Kier alpha value is -1.62. The zero-order valence-corrected chi connectivity index (χ0v) is 10.4. The van der Waals surface area contributed by atoms with E-state index in [-0.39, 0.29) is 12.3 Å². The van der Waals surface area contributed by atoms with E-state index in [0.717, 1.165) is 17.1 Å². The molecule has 5 heteroatoms. The van der Waals surface area contributed by atoms with E-state index < -0.39 is 0 Å². The summed E-state index contributed by atoms with van der Waals surface area (Å²) in [4.78, 5) is 12.5. The first-order valence-electron chi connectivity index (χ1n) is 5.55. The van der Waals surface area contributed by atoms with Crippen molar-refractivity contribution in [3.05, 3.63) is 29.3 Å². The maximum absolute atomic E-state index is 11.5. The molecule has 0 atom stereocenters. The van der Waals surface area contributed by atoms with Gasteiger partial charge in [-0.15, -0.1) is 11.3 Å². The van der Waals surface area contributed by atoms with Crippen LogP contribution in [0.5, 0.6) is 0 Å². The Balaban J connectivity index is 1.97. The number of hydrogen-bond acceptors (Lipinski definition) is 4. The summed E-state index contributed by atoms with van der Waals surface area (Å²) in [5.74, 6) is 0.705. The lowest BCUT2D eigenvalue weighted by Crippen LogP contribution is -2.25. The molecule has 0 aromatic carbocycles. The van der Waals surface area contributed by atoms with Gasteiger partial charge < -0.3 is 9.84 Å². The molecule has 0 bridgehead atoms. The van der Waals surface area contributed by atoms with Crippen LogP contribution in [0.2, 0.25) is 0 Å². The Morgan fingerprint density at radius 1 is 1.59 bits per heavy atom. The van der Waals surface area contributed by atoms with Gasteiger partial charge in [-0.25, -0.2) is 0 Å². The van der Waals surface area contributed by atoms with Crippen molar-refractivity contribution in [2.45, 2.75) is 19.8 Å². The zero-order chi connectivity index (χ0) is 12.1. The Morgan fingerprint density at radius 2 is 2.47 bits per heavy atom. The van der Waals surface area contributed by atoms with Crippen LogP contribution in [0, 0.1) is 0 Å². The highest BCUT2D eigenvalue weighted by Gasteiger charge is 2.10. The monoisotopic (exact) mass is 250 g/mol. The molecule has 1 N–H and O–H groups in total. The SMILES string of the molecule is CCCNC(=O)Cc1cc(-c2cccs2)on1. The first kappa shape index (κ1) is 11.9. The van der Waals surface area contributed by atoms with Crippen LogP contribution in [0.3, 0.4) is 0 Å². The van der Waals surface area contributed by atoms with Crippen molar-refractivity contribution in [2.24, 2.45) is 0 Å². The number of aromatic nitrogens is 1. The molecule has 17 heavy (non-hydrogen) atoms. The van der Waals surface area contributed by atoms with Crippen molar-refractivity contribution in [1.29, 1.82) is 0 Å². The molecule has 0 aliphatic heterocycles. The zero-order valence-electron chi connectivity index (χ0n) is 9.60. The number of nitrogens with one attached hydrogen (secondary N) is 1. The minimum Gasteiger partial charge on any atom is -0.356 e. The molecule has 0 spiro atoms. The van der Waals surface area contributed by atoms with Gasteiger partial charge in [0.05, 0.1) is 17.0 Å². The summed E-state index contributed by atoms with van der Waals surface area (Å²) < 4.78 is 5.19. The van der Waals surface area contributed by atoms with Gasteiger partial charge in [0.15, 0.2) is 5.76 Å². The Morgan fingerprint density at radius 3 is 3.18 bits per heavy atom. The first-order valence-corrected chi connectivity index (χ1v) is 6.43. The third-order valence-electron chi connectivity index (χ3n) is 2.24. The van der Waals surface area contributed by atoms with Gasteiger partial charge in [0.1, 0.15) is 0 Å². The summed E-state index contributed by atoms with van der Waals surface area (Å²) in [5.41, 5.74) is 0.669. The predicted octanol–water partition coefficient (Wildman–Crippen LogP) is 2.47. The third-order valence-corrected chi connectivity index (χ3v) is 3.12. The van der Waals surface area contributed by atoms with Crippen LogP contribution >= 0.6 is 11.3 Å². The van der Waals surface area contributed by atoms with E-state index in [4.69, 9.17) is 4.52 Å². The molecule has 2 rings (SSSR count). The summed E-state index contributed by atoms with van der Waals surface area (Å²) in [6, 6.07) is 5.74. The highest BCUT2D eigenvalue weighted by Crippen LogP contribution is 2.25. The molecule has 2 aromatic heterocycles. The number of hydrogen-bond donors (Lipinski definition) is 1. The summed E-state index contributed by atoms with van der Waals surface area (Å²) in [6.07, 6.45) is 1.21. The number of carbonyl (C=O) groups is 1. The standard InChI is InChI=1S/C12H14N2O2S/c1-2-5-13-12(15)8-9-7-10(16-14-9)11-4-3-6-17-11/h3-4,6-7H,2,5,8H2,1H3,(H,13,15). The van der Waals surface area contributed by atoms with Gasteiger partial charge in [0, 0.05) is 12.6 Å². The Labute approximate surface area is 104 Å². The van der Waals surface area contributed by atoms with E-state index >= 15 is 0 Å². The molecule has 0 unspecified atom stereocenters. The average Bonchev–Trinajstić information content (AvgIpc) is 2.95. The van der Waals surface area contributed by atoms with Crippen LogP contribution in [-0.4, -0.2) is 17.6 Å². The fourth-order valence-electron chi connectivity index (χ4n) is 1.42. The molecule has 4 nitrogen and oxygen atoms in total. The molecular formula is C12H14N2O2S. The van der Waals surface area contributed by atoms with Gasteiger partial charge in [-0.05, 0) is 17.9 Å². The summed E-state index contributed by atoms with van der Waals surface area (Å²) in [6.45, 7) is 2.72. The lowest BCUT2D eigenvalue weighted by Gasteiger charge is -1.99. The molecule has 0 fully saturated rings. The quantitative estimate of drug-likeness (QED) is 0.887. The smallest absolute Gasteiger partial charge is 0.226 e. The molecule has 90 valence electrons. The van der Waals surface area contributed by atoms with E-state index in [0.29, 0.717) is 12.2 Å². The number of amides is 1. The minimum atomic E-state index is -0.0159. The second kappa shape index (κ2) is 5.63. The van der Waals surface area contributed by atoms with Crippen molar-refractivity contribution in [2.75, 3.05) is 6.54 Å². The molecule has 2 aromatic rings. The molecule has 0 saturated carbocycles. The Kier molecular flexibility index (Phi) is 3.93. The van der Waals surface area contributed by atoms with Gasteiger partial charge >= 0.3 is 0 Å². The summed E-state index contributed by atoms with van der Waals surface area (Å²) in [7, 11) is 0. The third kappa shape index (κ3) is 3.17. The van der Waals surface area contributed by atoms with Gasteiger partial charge in [-0.3, -0.25) is 4.79 Å². The Bertz CT molecular complexity index is 476. The predicted molar refractivity (Wildman–Crippen MR) is 66.8 cm³/mol. The van der Waals surface area contributed by atoms with Gasteiger partial charge in [-0.2, -0.15) is 0 Å². The van der Waals surface area contributed by atoms with Crippen molar-refractivity contribution in [1.82, 2.24) is 10.5 Å². The largest absolute Gasteiger partial charge is 0.356 e. The highest BCUT2D eigenvalue weighted by molar-refractivity contribution is 7.13. The lowest BCUT2D eigenvalue weighted by atomic mass is 10.2. The first-order chi connectivity index (χ1) is 8.29. The number of thiophene rings is 1. The van der Waals surface area contributed by atoms with Crippen LogP contribution in [0.1, 0.15) is 19.0 Å². The number of carbonyl (C=O) groups excluding carboxylic acids is 1. The minimum absolute atomic E-state index is 0.0159. The molecular weight excluding hydrogens is 236 g/mol. The molecule has 0 aliphatic carbocycles. The van der Waals surface area contributed by atoms with Crippen LogP contribution < -0.4 is 5.32 Å². The van der Waals surface area contributed by atoms with Crippen LogP contribution in [-0.2, 0) is 11.2 Å². The van der Waals surface area contributed by atoms with Gasteiger partial charge in [0.25, 0.3) is 0 Å². The molecule has 0 saturated heterocycles. The van der Waals surface area contributed by atoms with Crippen molar-refractivity contribution < 1.29 is 9.32 Å². The van der Waals surface area contributed by atoms with Crippen LogP contribution in [0.4, 0.5) is 0 Å². The fourth-order valence-corrected chi connectivity index (χ4v) is 2.09. The lowest BCUT2D eigenvalue weighted by molar-refractivity contribution is -0.120. The topological polar surface area (TPSA) is 55.1 Å². The highest BCUT2D eigenvalue weighted by atomic mass is 32.1. The van der Waals surface area contributed by atoms with Crippen molar-refractivity contribution in [3.8, 4) is 10.6 Å². The fraction of sp³-hybridized carbons (Fsp3) is 0.333. The van der Waals surface area contributed by atoms with Gasteiger partial charge in [-0.1, -0.05) is 18.1 Å². The number of rotatable bonds is 5. The van der Waals surface area contributed by atoms with E-state index in [2.05, 4.69) is 10.5 Å². The summed E-state index contributed by atoms with van der Waals surface area (Å²) in [5, 5.41) is 8.68. The van der Waals surface area contributed by atoms with E-state index in [1.165, 1.54) is 0 Å². The maximum Gasteiger partial charge on any atom is 0.226 e. The van der Waals surface area contributed by atoms with Crippen molar-refractivity contribution in [3.63, 3.8) is 0 Å². The molecule has 2 heterocycles. The molecule has 0 aliphatic rings. The van der Waals surface area contributed by atoms with Gasteiger partial charge in [0.2, 0.25) is 5.91 Å². The normalized spacial score (nSPS) is 10.4. The average molecular weight is 250 g/mol. The molecule has 0 radical (unpaired) electrons. The van der Waals surface area contributed by atoms with E-state index in [1.807, 2.05) is 30.5 Å². The van der Waals surface area contributed by atoms with Crippen molar-refractivity contribution >= 4 is 17.2 Å².